The average molecular weight is 647 g/mol. The molecular formula is C33H39N6O6P. The van der Waals surface area contributed by atoms with Gasteiger partial charge in [-0.05, 0) is 74.7 Å². The van der Waals surface area contributed by atoms with Crippen molar-refractivity contribution in [2.75, 3.05) is 13.7 Å². The van der Waals surface area contributed by atoms with Crippen LogP contribution in [-0.4, -0.2) is 52.6 Å². The van der Waals surface area contributed by atoms with E-state index in [-0.39, 0.29) is 24.0 Å². The number of methoxy groups -OCH3 is 1. The molecule has 0 aliphatic rings. The molecule has 242 valence electrons. The number of pyridine rings is 1. The average Bonchev–Trinajstić information content (AvgIpc) is 3.07. The van der Waals surface area contributed by atoms with Gasteiger partial charge in [-0.25, -0.2) is 15.2 Å². The van der Waals surface area contributed by atoms with E-state index in [0.29, 0.717) is 34.3 Å². The summed E-state index contributed by atoms with van der Waals surface area (Å²) in [4.78, 5) is 49.9. The number of carbonyl (C=O) groups excluding carboxylic acids is 2. The van der Waals surface area contributed by atoms with Crippen LogP contribution in [0.2, 0.25) is 0 Å². The van der Waals surface area contributed by atoms with Crippen LogP contribution in [0.5, 0.6) is 5.75 Å². The number of H-pyrrole nitrogens is 1. The molecule has 0 aliphatic carbocycles. The lowest BCUT2D eigenvalue weighted by molar-refractivity contribution is -0.144. The van der Waals surface area contributed by atoms with Crippen molar-refractivity contribution in [2.24, 2.45) is 0 Å². The molecule has 12 nitrogen and oxygen atoms in total. The second-order valence-electron chi connectivity index (χ2n) is 10.6. The number of aromatic nitrogens is 3. The Morgan fingerprint density at radius 3 is 2.17 bits per heavy atom. The number of aromatic amines is 1. The van der Waals surface area contributed by atoms with Gasteiger partial charge in [0.2, 0.25) is 7.44 Å². The molecule has 46 heavy (non-hydrogen) atoms. The maximum atomic E-state index is 14.3. The summed E-state index contributed by atoms with van der Waals surface area (Å²) >= 11 is 0. The van der Waals surface area contributed by atoms with Crippen LogP contribution in [0.4, 0.5) is 0 Å². The zero-order valence-electron chi connectivity index (χ0n) is 26.4. The minimum atomic E-state index is -3.49. The molecule has 13 heteroatoms. The fraction of sp³-hybridized carbons (Fsp3) is 0.303. The number of esters is 1. The van der Waals surface area contributed by atoms with E-state index < -0.39 is 37.0 Å². The van der Waals surface area contributed by atoms with Crippen LogP contribution < -0.4 is 31.1 Å². The second-order valence-corrected chi connectivity index (χ2v) is 12.9. The molecule has 2 aromatic heterocycles. The zero-order chi connectivity index (χ0) is 33.3. The van der Waals surface area contributed by atoms with Gasteiger partial charge in [-0.3, -0.25) is 23.9 Å². The van der Waals surface area contributed by atoms with Gasteiger partial charge in [-0.1, -0.05) is 37.3 Å². The number of nitrogens with one attached hydrogen (secondary N) is 4. The summed E-state index contributed by atoms with van der Waals surface area (Å²) in [6.45, 7) is 7.40. The number of ether oxygens (including phenoxy) is 2. The topological polar surface area (TPSA) is 164 Å². The number of nitrogens with zero attached hydrogens (tertiary/aromatic N) is 2. The Hall–Kier alpha value is -4.64. The van der Waals surface area contributed by atoms with Crippen LogP contribution in [0.1, 0.15) is 61.6 Å². The smallest absolute Gasteiger partial charge is 0.323 e. The van der Waals surface area contributed by atoms with Gasteiger partial charge in [-0.15, -0.1) is 0 Å². The van der Waals surface area contributed by atoms with Crippen molar-refractivity contribution in [3.63, 3.8) is 0 Å². The van der Waals surface area contributed by atoms with Crippen molar-refractivity contribution >= 4 is 24.6 Å². The lowest BCUT2D eigenvalue weighted by Gasteiger charge is -2.27. The van der Waals surface area contributed by atoms with Crippen molar-refractivity contribution in [3.8, 4) is 17.3 Å². The van der Waals surface area contributed by atoms with Crippen molar-refractivity contribution in [1.29, 1.82) is 0 Å². The highest BCUT2D eigenvalue weighted by Crippen LogP contribution is 2.37. The van der Waals surface area contributed by atoms with E-state index in [1.807, 2.05) is 26.0 Å². The minimum Gasteiger partial charge on any atom is -0.497 e. The molecule has 1 amide bonds. The van der Waals surface area contributed by atoms with Gasteiger partial charge in [0, 0.05) is 23.7 Å². The molecular weight excluding hydrogens is 607 g/mol. The maximum Gasteiger partial charge on any atom is 0.323 e. The summed E-state index contributed by atoms with van der Waals surface area (Å²) < 4.78 is 24.7. The Balaban J connectivity index is 1.67. The summed E-state index contributed by atoms with van der Waals surface area (Å²) in [6.07, 6.45) is 3.51. The summed E-state index contributed by atoms with van der Waals surface area (Å²) in [7, 11) is -1.93. The summed E-state index contributed by atoms with van der Waals surface area (Å²) in [5.74, 6) is -0.273. The first kappa shape index (κ1) is 34.2. The number of amides is 1. The highest BCUT2D eigenvalue weighted by atomic mass is 31.2. The monoisotopic (exact) mass is 646 g/mol. The number of hydrogen-bond donors (Lipinski definition) is 4. The molecule has 0 saturated carbocycles. The van der Waals surface area contributed by atoms with Gasteiger partial charge in [-0.2, -0.15) is 0 Å². The number of carbonyl (C=O) groups is 2. The van der Waals surface area contributed by atoms with E-state index in [1.165, 1.54) is 6.20 Å². The van der Waals surface area contributed by atoms with E-state index in [4.69, 9.17) is 9.47 Å². The summed E-state index contributed by atoms with van der Waals surface area (Å²) in [5, 5.41) is 9.52. The van der Waals surface area contributed by atoms with Gasteiger partial charge in [0.15, 0.2) is 5.82 Å². The molecule has 4 aromatic rings. The van der Waals surface area contributed by atoms with E-state index in [9.17, 15) is 18.9 Å². The molecule has 0 radical (unpaired) electrons. The van der Waals surface area contributed by atoms with Crippen LogP contribution in [0.15, 0.2) is 83.9 Å². The Bertz CT molecular complexity index is 1730. The zero-order valence-corrected chi connectivity index (χ0v) is 27.3. The SMILES string of the molecule is CCOC(=O)[C@@H](C)NP(=O)(N[C@@H](C)CC)c1ccc(C(NC(=O)c2cnc(-c3ccccn3)[nH]c2=O)c2ccc(OC)cc2)cc1. The number of rotatable bonds is 14. The van der Waals surface area contributed by atoms with Gasteiger partial charge in [0.05, 0.1) is 19.8 Å². The van der Waals surface area contributed by atoms with Crippen LogP contribution in [-0.2, 0) is 14.1 Å². The van der Waals surface area contributed by atoms with E-state index in [1.54, 1.807) is 81.8 Å². The molecule has 0 spiro atoms. The number of benzene rings is 2. The number of hydrogen-bond acceptors (Lipinski definition) is 8. The molecule has 0 aliphatic heterocycles. The third-order valence-corrected chi connectivity index (χ3v) is 9.88. The summed E-state index contributed by atoms with van der Waals surface area (Å²) in [6, 6.07) is 17.6. The molecule has 2 aromatic carbocycles. The predicted molar refractivity (Wildman–Crippen MR) is 176 cm³/mol. The van der Waals surface area contributed by atoms with Crippen molar-refractivity contribution < 1.29 is 23.6 Å². The van der Waals surface area contributed by atoms with Crippen LogP contribution in [0.25, 0.3) is 11.5 Å². The first-order valence-corrected chi connectivity index (χ1v) is 16.7. The molecule has 0 fully saturated rings. The summed E-state index contributed by atoms with van der Waals surface area (Å²) in [5.41, 5.74) is 1.05. The van der Waals surface area contributed by atoms with E-state index in [2.05, 4.69) is 30.4 Å². The van der Waals surface area contributed by atoms with Crippen LogP contribution >= 0.6 is 7.44 Å². The molecule has 2 heterocycles. The molecule has 4 rings (SSSR count). The lowest BCUT2D eigenvalue weighted by atomic mass is 9.98. The Kier molecular flexibility index (Phi) is 11.6. The molecule has 0 saturated heterocycles. The highest BCUT2D eigenvalue weighted by molar-refractivity contribution is 7.67. The van der Waals surface area contributed by atoms with E-state index >= 15 is 0 Å². The fourth-order valence-corrected chi connectivity index (χ4v) is 7.01. The Morgan fingerprint density at radius 1 is 0.935 bits per heavy atom. The van der Waals surface area contributed by atoms with Crippen molar-refractivity contribution in [1.82, 2.24) is 30.4 Å². The molecule has 2 unspecified atom stereocenters. The second kappa shape index (κ2) is 15.6. The molecule has 0 bridgehead atoms. The first-order valence-electron chi connectivity index (χ1n) is 15.0. The highest BCUT2D eigenvalue weighted by Gasteiger charge is 2.31. The van der Waals surface area contributed by atoms with Gasteiger partial charge < -0.3 is 19.8 Å². The maximum absolute atomic E-state index is 14.3. The van der Waals surface area contributed by atoms with Gasteiger partial charge >= 0.3 is 5.97 Å². The third kappa shape index (κ3) is 8.33. The fourth-order valence-electron chi connectivity index (χ4n) is 4.61. The largest absolute Gasteiger partial charge is 0.497 e. The Morgan fingerprint density at radius 2 is 1.61 bits per heavy atom. The molecule has 4 atom stereocenters. The first-order chi connectivity index (χ1) is 22.1. The van der Waals surface area contributed by atoms with Crippen molar-refractivity contribution in [2.45, 2.75) is 52.2 Å². The standard InChI is InChI=1S/C33H39N6O6P/c1-6-21(3)38-46(43,39-22(4)33(42)45-7-2)26-17-13-24(14-18-26)29(23-11-15-25(44-5)16-12-23)36-31(40)27-20-35-30(37-32(27)41)28-10-8-9-19-34-28/h8-22,29H,6-7H2,1-5H3,(H,36,40)(H,35,37,41)(H2,38,39,43)/t21-,22+,29?,46?/m0/s1. The van der Waals surface area contributed by atoms with Crippen LogP contribution in [0.3, 0.4) is 0 Å². The lowest BCUT2D eigenvalue weighted by Crippen LogP contribution is -2.42. The van der Waals surface area contributed by atoms with Gasteiger partial charge in [0.1, 0.15) is 23.0 Å². The quantitative estimate of drug-likeness (QED) is 0.116. The third-order valence-electron chi connectivity index (χ3n) is 7.30. The van der Waals surface area contributed by atoms with Crippen LogP contribution in [0, 0.1) is 0 Å². The predicted octanol–water partition coefficient (Wildman–Crippen LogP) is 4.11. The van der Waals surface area contributed by atoms with Gasteiger partial charge in [0.25, 0.3) is 11.5 Å². The normalized spacial score (nSPS) is 14.4. The van der Waals surface area contributed by atoms with E-state index in [0.717, 1.165) is 0 Å². The molecule has 4 N–H and O–H groups in total. The Labute approximate surface area is 267 Å². The minimum absolute atomic E-state index is 0.116. The van der Waals surface area contributed by atoms with Crippen molar-refractivity contribution in [3.05, 3.63) is 106 Å².